The molecule has 4 rings (SSSR count). The van der Waals surface area contributed by atoms with Crippen LogP contribution in [-0.2, 0) is 4.74 Å². The van der Waals surface area contributed by atoms with Crippen molar-refractivity contribution in [3.8, 4) is 22.8 Å². The molecule has 9 heteroatoms. The Morgan fingerprint density at radius 3 is 2.39 bits per heavy atom. The van der Waals surface area contributed by atoms with Gasteiger partial charge in [-0.2, -0.15) is 0 Å². The summed E-state index contributed by atoms with van der Waals surface area (Å²) >= 11 is 0. The number of hydrogen-bond donors (Lipinski definition) is 5. The van der Waals surface area contributed by atoms with Crippen LogP contribution in [0.15, 0.2) is 51.7 Å². The summed E-state index contributed by atoms with van der Waals surface area (Å²) in [5.41, 5.74) is 0.127. The number of rotatable bonds is 4. The van der Waals surface area contributed by atoms with Crippen LogP contribution in [0.2, 0.25) is 0 Å². The minimum Gasteiger partial charge on any atom is -0.502 e. The van der Waals surface area contributed by atoms with Gasteiger partial charge in [0.2, 0.25) is 5.75 Å². The van der Waals surface area contributed by atoms with E-state index in [1.165, 1.54) is 19.2 Å². The summed E-state index contributed by atoms with van der Waals surface area (Å²) in [7, 11) is 1.27. The summed E-state index contributed by atoms with van der Waals surface area (Å²) < 4.78 is 16.6. The molecule has 1 aliphatic heterocycles. The summed E-state index contributed by atoms with van der Waals surface area (Å²) in [5, 5.41) is 50.9. The molecule has 0 bridgehead atoms. The van der Waals surface area contributed by atoms with Crippen LogP contribution in [0.5, 0.6) is 11.5 Å². The van der Waals surface area contributed by atoms with Gasteiger partial charge >= 0.3 is 0 Å². The van der Waals surface area contributed by atoms with E-state index in [1.54, 1.807) is 24.3 Å². The number of benzene rings is 2. The predicted molar refractivity (Wildman–Crippen MR) is 109 cm³/mol. The number of fused-ring (bicyclic) bond motifs is 1. The first-order valence-electron chi connectivity index (χ1n) is 9.61. The van der Waals surface area contributed by atoms with Crippen molar-refractivity contribution in [3.05, 3.63) is 58.3 Å². The first kappa shape index (κ1) is 21.3. The third-order valence-corrected chi connectivity index (χ3v) is 5.44. The van der Waals surface area contributed by atoms with Gasteiger partial charge in [-0.3, -0.25) is 4.79 Å². The summed E-state index contributed by atoms with van der Waals surface area (Å²) in [6, 6.07) is 11.5. The molecule has 1 saturated heterocycles. The number of aliphatic hydroxyl groups is 4. The van der Waals surface area contributed by atoms with Gasteiger partial charge < -0.3 is 39.4 Å². The molecule has 9 nitrogen and oxygen atoms in total. The SMILES string of the molecule is COc1c([C@@H]2O[C@@H](CO)[C@H](O)[C@@H](O)[C@@H]2O)cc2c(=O)cc(-c3ccccc3)oc2c1O. The quantitative estimate of drug-likeness (QED) is 0.403. The van der Waals surface area contributed by atoms with Crippen molar-refractivity contribution in [2.24, 2.45) is 0 Å². The summed E-state index contributed by atoms with van der Waals surface area (Å²) in [4.78, 5) is 12.8. The molecule has 5 N–H and O–H groups in total. The Kier molecular flexibility index (Phi) is 5.69. The molecule has 31 heavy (non-hydrogen) atoms. The lowest BCUT2D eigenvalue weighted by molar-refractivity contribution is -0.232. The molecular formula is C22H22O9. The Bertz CT molecular complexity index is 1140. The number of aromatic hydroxyl groups is 1. The van der Waals surface area contributed by atoms with Gasteiger partial charge in [0, 0.05) is 17.2 Å². The molecule has 5 atom stereocenters. The molecule has 0 amide bonds. The molecule has 1 aliphatic rings. The average molecular weight is 430 g/mol. The Hall–Kier alpha value is -2.95. The van der Waals surface area contributed by atoms with Crippen LogP contribution in [0.1, 0.15) is 11.7 Å². The van der Waals surface area contributed by atoms with Gasteiger partial charge in [0.05, 0.1) is 19.1 Å². The number of aliphatic hydroxyl groups excluding tert-OH is 4. The van der Waals surface area contributed by atoms with Crippen molar-refractivity contribution in [3.63, 3.8) is 0 Å². The van der Waals surface area contributed by atoms with Gasteiger partial charge in [0.1, 0.15) is 36.3 Å². The van der Waals surface area contributed by atoms with Crippen LogP contribution in [0.4, 0.5) is 0 Å². The monoisotopic (exact) mass is 430 g/mol. The lowest BCUT2D eigenvalue weighted by Gasteiger charge is -2.40. The summed E-state index contributed by atoms with van der Waals surface area (Å²) in [6.07, 6.45) is -7.25. The highest BCUT2D eigenvalue weighted by atomic mass is 16.5. The van der Waals surface area contributed by atoms with Crippen molar-refractivity contribution in [1.82, 2.24) is 0 Å². The Balaban J connectivity index is 1.90. The molecule has 1 aromatic heterocycles. The number of ether oxygens (including phenoxy) is 2. The molecular weight excluding hydrogens is 408 g/mol. The Morgan fingerprint density at radius 1 is 1.03 bits per heavy atom. The van der Waals surface area contributed by atoms with E-state index < -0.39 is 48.3 Å². The average Bonchev–Trinajstić information content (AvgIpc) is 2.78. The van der Waals surface area contributed by atoms with Crippen LogP contribution in [-0.4, -0.2) is 63.7 Å². The fourth-order valence-electron chi connectivity index (χ4n) is 3.81. The number of methoxy groups -OCH3 is 1. The zero-order valence-corrected chi connectivity index (χ0v) is 16.5. The van der Waals surface area contributed by atoms with E-state index in [0.717, 1.165) is 0 Å². The maximum Gasteiger partial charge on any atom is 0.202 e. The van der Waals surface area contributed by atoms with E-state index >= 15 is 0 Å². The standard InChI is InChI=1S/C22H22O9/c1-29-20-12(22-18(27)17(26)16(25)15(9-23)31-22)7-11-13(24)8-14(30-21(11)19(20)28)10-5-3-2-4-6-10/h2-8,15-18,22-23,25-28H,9H2,1H3/t15-,16-,17+,18-,22-/m0/s1. The molecule has 164 valence electrons. The second-order valence-corrected chi connectivity index (χ2v) is 7.31. The second kappa shape index (κ2) is 8.29. The molecule has 0 spiro atoms. The first-order valence-corrected chi connectivity index (χ1v) is 9.61. The van der Waals surface area contributed by atoms with Crippen LogP contribution in [0.3, 0.4) is 0 Å². The van der Waals surface area contributed by atoms with Gasteiger partial charge in [-0.15, -0.1) is 0 Å². The predicted octanol–water partition coefficient (Wildman–Crippen LogP) is 0.689. The third kappa shape index (κ3) is 3.56. The van der Waals surface area contributed by atoms with Crippen molar-refractivity contribution in [2.75, 3.05) is 13.7 Å². The molecule has 2 heterocycles. The topological polar surface area (TPSA) is 150 Å². The van der Waals surface area contributed by atoms with Crippen molar-refractivity contribution < 1.29 is 39.4 Å². The molecule has 0 unspecified atom stereocenters. The normalized spacial score (nSPS) is 26.2. The van der Waals surface area contributed by atoms with Gasteiger partial charge in [0.25, 0.3) is 0 Å². The molecule has 0 saturated carbocycles. The van der Waals surface area contributed by atoms with Crippen LogP contribution in [0.25, 0.3) is 22.3 Å². The fraction of sp³-hybridized carbons (Fsp3) is 0.318. The smallest absolute Gasteiger partial charge is 0.202 e. The van der Waals surface area contributed by atoms with Gasteiger partial charge in [-0.05, 0) is 6.07 Å². The van der Waals surface area contributed by atoms with Gasteiger partial charge in [-0.25, -0.2) is 0 Å². The highest BCUT2D eigenvalue weighted by Crippen LogP contribution is 2.44. The number of hydrogen-bond acceptors (Lipinski definition) is 9. The van der Waals surface area contributed by atoms with Crippen LogP contribution in [0, 0.1) is 0 Å². The molecule has 3 aromatic rings. The van der Waals surface area contributed by atoms with E-state index in [2.05, 4.69) is 0 Å². The molecule has 2 aromatic carbocycles. The van der Waals surface area contributed by atoms with Crippen LogP contribution >= 0.6 is 0 Å². The zero-order chi connectivity index (χ0) is 22.3. The highest BCUT2D eigenvalue weighted by molar-refractivity contribution is 5.88. The zero-order valence-electron chi connectivity index (χ0n) is 16.5. The van der Waals surface area contributed by atoms with Crippen LogP contribution < -0.4 is 10.2 Å². The minimum absolute atomic E-state index is 0.00458. The third-order valence-electron chi connectivity index (χ3n) is 5.44. The van der Waals surface area contributed by atoms with E-state index in [0.29, 0.717) is 5.56 Å². The maximum atomic E-state index is 12.8. The number of phenols is 1. The molecule has 1 fully saturated rings. The number of phenolic OH excluding ortho intramolecular Hbond substituents is 1. The van der Waals surface area contributed by atoms with Gasteiger partial charge in [0.15, 0.2) is 16.8 Å². The molecule has 0 aliphatic carbocycles. The van der Waals surface area contributed by atoms with E-state index in [9.17, 15) is 30.3 Å². The first-order chi connectivity index (χ1) is 14.9. The Morgan fingerprint density at radius 2 is 1.74 bits per heavy atom. The maximum absolute atomic E-state index is 12.8. The van der Waals surface area contributed by atoms with E-state index in [1.807, 2.05) is 6.07 Å². The second-order valence-electron chi connectivity index (χ2n) is 7.31. The highest BCUT2D eigenvalue weighted by Gasteiger charge is 2.45. The van der Waals surface area contributed by atoms with Crippen molar-refractivity contribution in [1.29, 1.82) is 0 Å². The fourth-order valence-corrected chi connectivity index (χ4v) is 3.81. The Labute approximate surface area is 176 Å². The molecule has 0 radical (unpaired) electrons. The summed E-state index contributed by atoms with van der Waals surface area (Å²) in [6.45, 7) is -0.619. The van der Waals surface area contributed by atoms with E-state index in [-0.39, 0.29) is 28.0 Å². The van der Waals surface area contributed by atoms with Crippen molar-refractivity contribution >= 4 is 11.0 Å². The lowest BCUT2D eigenvalue weighted by Crippen LogP contribution is -2.55. The largest absolute Gasteiger partial charge is 0.502 e. The summed E-state index contributed by atoms with van der Waals surface area (Å²) in [5.74, 6) is -0.372. The van der Waals surface area contributed by atoms with Crippen molar-refractivity contribution in [2.45, 2.75) is 30.5 Å². The minimum atomic E-state index is -1.63. The van der Waals surface area contributed by atoms with E-state index in [4.69, 9.17) is 13.9 Å². The lowest BCUT2D eigenvalue weighted by atomic mass is 9.90. The van der Waals surface area contributed by atoms with Gasteiger partial charge in [-0.1, -0.05) is 30.3 Å².